The number of likely N-dealkylation sites (N-methyl/N-ethyl adjacent to an activating group) is 1. The van der Waals surface area contributed by atoms with Gasteiger partial charge in [0.15, 0.2) is 0 Å². The van der Waals surface area contributed by atoms with E-state index in [9.17, 15) is 13.2 Å². The summed E-state index contributed by atoms with van der Waals surface area (Å²) in [5.41, 5.74) is 0. The molecule has 7 heteroatoms. The number of hydrogen-bond donors (Lipinski definition) is 1. The zero-order valence-electron chi connectivity index (χ0n) is 8.76. The Balaban J connectivity index is 4.93. The third-order valence-corrected chi connectivity index (χ3v) is 3.84. The Labute approximate surface area is 84.3 Å². The van der Waals surface area contributed by atoms with Crippen LogP contribution < -0.4 is 0 Å². The SMILES string of the molecule is CCC(C(=O)O)N(C)S(=O)(=O)N(C)C. The number of carbonyl (C=O) groups is 1. The minimum atomic E-state index is -3.65. The van der Waals surface area contributed by atoms with Crippen LogP contribution in [0, 0.1) is 0 Å². The summed E-state index contributed by atoms with van der Waals surface area (Å²) >= 11 is 0. The van der Waals surface area contributed by atoms with Crippen LogP contribution in [0.25, 0.3) is 0 Å². The molecule has 14 heavy (non-hydrogen) atoms. The Bertz CT molecular complexity index is 299. The number of carboxylic acid groups (broad SMARTS) is 1. The molecular formula is C7H16N2O4S. The molecular weight excluding hydrogens is 208 g/mol. The molecule has 0 aliphatic rings. The van der Waals surface area contributed by atoms with Crippen molar-refractivity contribution in [2.24, 2.45) is 0 Å². The van der Waals surface area contributed by atoms with Crippen LogP contribution in [0.4, 0.5) is 0 Å². The molecule has 0 radical (unpaired) electrons. The van der Waals surface area contributed by atoms with Gasteiger partial charge in [-0.3, -0.25) is 4.79 Å². The molecule has 0 aliphatic heterocycles. The molecule has 0 aromatic heterocycles. The molecule has 1 N–H and O–H groups in total. The lowest BCUT2D eigenvalue weighted by atomic mass is 10.2. The van der Waals surface area contributed by atoms with Crippen molar-refractivity contribution in [3.63, 3.8) is 0 Å². The first-order chi connectivity index (χ1) is 6.25. The molecule has 0 bridgehead atoms. The first kappa shape index (κ1) is 13.3. The van der Waals surface area contributed by atoms with E-state index in [-0.39, 0.29) is 6.42 Å². The molecule has 0 aromatic carbocycles. The molecule has 0 saturated carbocycles. The van der Waals surface area contributed by atoms with E-state index in [0.717, 1.165) is 8.61 Å². The van der Waals surface area contributed by atoms with Crippen molar-refractivity contribution >= 4 is 16.2 Å². The quantitative estimate of drug-likeness (QED) is 0.688. The van der Waals surface area contributed by atoms with Crippen molar-refractivity contribution < 1.29 is 18.3 Å². The van der Waals surface area contributed by atoms with E-state index in [1.807, 2.05) is 0 Å². The van der Waals surface area contributed by atoms with Gasteiger partial charge in [-0.05, 0) is 6.42 Å². The second-order valence-corrected chi connectivity index (χ2v) is 5.27. The largest absolute Gasteiger partial charge is 0.480 e. The van der Waals surface area contributed by atoms with Crippen LogP contribution in [0.15, 0.2) is 0 Å². The Morgan fingerprint density at radius 3 is 2.00 bits per heavy atom. The summed E-state index contributed by atoms with van der Waals surface area (Å²) in [4.78, 5) is 10.7. The molecule has 0 saturated heterocycles. The average Bonchev–Trinajstić information content (AvgIpc) is 2.04. The average molecular weight is 224 g/mol. The molecule has 0 spiro atoms. The Morgan fingerprint density at radius 2 is 1.79 bits per heavy atom. The van der Waals surface area contributed by atoms with E-state index in [2.05, 4.69) is 0 Å². The summed E-state index contributed by atoms with van der Waals surface area (Å²) in [7, 11) is 0.337. The van der Waals surface area contributed by atoms with Crippen LogP contribution in [-0.2, 0) is 15.0 Å². The summed E-state index contributed by atoms with van der Waals surface area (Å²) in [6.45, 7) is 1.63. The lowest BCUT2D eigenvalue weighted by Gasteiger charge is -2.25. The Kier molecular flexibility index (Phi) is 4.50. The van der Waals surface area contributed by atoms with Crippen LogP contribution in [-0.4, -0.2) is 55.3 Å². The van der Waals surface area contributed by atoms with Gasteiger partial charge in [0.2, 0.25) is 0 Å². The smallest absolute Gasteiger partial charge is 0.322 e. The van der Waals surface area contributed by atoms with E-state index in [1.54, 1.807) is 6.92 Å². The molecule has 0 aliphatic carbocycles. The highest BCUT2D eigenvalue weighted by molar-refractivity contribution is 7.86. The molecule has 1 atom stereocenters. The van der Waals surface area contributed by atoms with Gasteiger partial charge >= 0.3 is 5.97 Å². The highest BCUT2D eigenvalue weighted by Gasteiger charge is 2.31. The summed E-state index contributed by atoms with van der Waals surface area (Å²) in [5.74, 6) is -1.14. The van der Waals surface area contributed by atoms with Crippen molar-refractivity contribution in [2.75, 3.05) is 21.1 Å². The van der Waals surface area contributed by atoms with Crippen LogP contribution in [0.2, 0.25) is 0 Å². The predicted molar refractivity (Wildman–Crippen MR) is 52.1 cm³/mol. The lowest BCUT2D eigenvalue weighted by Crippen LogP contribution is -2.46. The zero-order chi connectivity index (χ0) is 11.5. The van der Waals surface area contributed by atoms with Crippen LogP contribution >= 0.6 is 0 Å². The second kappa shape index (κ2) is 4.72. The lowest BCUT2D eigenvalue weighted by molar-refractivity contribution is -0.141. The molecule has 0 aromatic rings. The molecule has 0 amide bonds. The first-order valence-electron chi connectivity index (χ1n) is 4.13. The van der Waals surface area contributed by atoms with Gasteiger partial charge in [-0.15, -0.1) is 0 Å². The van der Waals surface area contributed by atoms with Gasteiger partial charge in [0.05, 0.1) is 0 Å². The number of nitrogens with zero attached hydrogens (tertiary/aromatic N) is 2. The van der Waals surface area contributed by atoms with E-state index < -0.39 is 22.2 Å². The van der Waals surface area contributed by atoms with Gasteiger partial charge in [0.1, 0.15) is 6.04 Å². The van der Waals surface area contributed by atoms with Gasteiger partial charge in [-0.1, -0.05) is 6.92 Å². The van der Waals surface area contributed by atoms with Crippen molar-refractivity contribution in [3.8, 4) is 0 Å². The van der Waals surface area contributed by atoms with Crippen LogP contribution in [0.3, 0.4) is 0 Å². The van der Waals surface area contributed by atoms with Crippen LogP contribution in [0.5, 0.6) is 0 Å². The molecule has 0 fully saturated rings. The van der Waals surface area contributed by atoms with Crippen molar-refractivity contribution in [2.45, 2.75) is 19.4 Å². The third-order valence-electron chi connectivity index (χ3n) is 1.94. The summed E-state index contributed by atoms with van der Waals surface area (Å²) in [6.07, 6.45) is 0.235. The number of rotatable bonds is 5. The maximum Gasteiger partial charge on any atom is 0.322 e. The fourth-order valence-electron chi connectivity index (χ4n) is 1.01. The standard InChI is InChI=1S/C7H16N2O4S/c1-5-6(7(10)11)9(4)14(12,13)8(2)3/h6H,5H2,1-4H3,(H,10,11). The minimum Gasteiger partial charge on any atom is -0.480 e. The van der Waals surface area contributed by atoms with E-state index in [0.29, 0.717) is 0 Å². The summed E-state index contributed by atoms with van der Waals surface area (Å²) in [6, 6.07) is -1.01. The summed E-state index contributed by atoms with van der Waals surface area (Å²) in [5, 5.41) is 8.76. The normalized spacial score (nSPS) is 14.7. The number of carboxylic acids is 1. The Morgan fingerprint density at radius 1 is 1.36 bits per heavy atom. The molecule has 6 nitrogen and oxygen atoms in total. The Hall–Kier alpha value is -0.660. The van der Waals surface area contributed by atoms with Crippen molar-refractivity contribution in [3.05, 3.63) is 0 Å². The number of aliphatic carboxylic acids is 1. The molecule has 84 valence electrons. The molecule has 0 heterocycles. The first-order valence-corrected chi connectivity index (χ1v) is 5.53. The van der Waals surface area contributed by atoms with Crippen LogP contribution in [0.1, 0.15) is 13.3 Å². The monoisotopic (exact) mass is 224 g/mol. The highest BCUT2D eigenvalue weighted by Crippen LogP contribution is 2.09. The van der Waals surface area contributed by atoms with Gasteiger partial charge in [-0.2, -0.15) is 17.0 Å². The number of hydrogen-bond acceptors (Lipinski definition) is 3. The second-order valence-electron chi connectivity index (χ2n) is 3.07. The van der Waals surface area contributed by atoms with Gasteiger partial charge in [0.25, 0.3) is 10.2 Å². The zero-order valence-corrected chi connectivity index (χ0v) is 9.58. The fourth-order valence-corrected chi connectivity index (χ4v) is 2.08. The van der Waals surface area contributed by atoms with Gasteiger partial charge < -0.3 is 5.11 Å². The fraction of sp³-hybridized carbons (Fsp3) is 0.857. The van der Waals surface area contributed by atoms with Gasteiger partial charge in [-0.25, -0.2) is 0 Å². The molecule has 1 unspecified atom stereocenters. The van der Waals surface area contributed by atoms with Gasteiger partial charge in [0, 0.05) is 21.1 Å². The van der Waals surface area contributed by atoms with Crippen molar-refractivity contribution in [1.29, 1.82) is 0 Å². The molecule has 0 rings (SSSR count). The topological polar surface area (TPSA) is 77.9 Å². The highest BCUT2D eigenvalue weighted by atomic mass is 32.2. The maximum absolute atomic E-state index is 11.5. The third kappa shape index (κ3) is 2.66. The van der Waals surface area contributed by atoms with E-state index in [1.165, 1.54) is 21.1 Å². The van der Waals surface area contributed by atoms with E-state index >= 15 is 0 Å². The predicted octanol–water partition coefficient (Wildman–Crippen LogP) is -0.412. The maximum atomic E-state index is 11.5. The van der Waals surface area contributed by atoms with E-state index in [4.69, 9.17) is 5.11 Å². The van der Waals surface area contributed by atoms with Crippen molar-refractivity contribution in [1.82, 2.24) is 8.61 Å². The minimum absolute atomic E-state index is 0.235. The summed E-state index contributed by atoms with van der Waals surface area (Å²) < 4.78 is 24.9.